The van der Waals surface area contributed by atoms with E-state index >= 15 is 0 Å². The van der Waals surface area contributed by atoms with Crippen molar-refractivity contribution in [3.8, 4) is 0 Å². The molecule has 3 rings (SSSR count). The van der Waals surface area contributed by atoms with Crippen molar-refractivity contribution in [2.75, 3.05) is 29.9 Å². The third-order valence-electron chi connectivity index (χ3n) is 4.63. The minimum absolute atomic E-state index is 0.0449. The lowest BCUT2D eigenvalue weighted by molar-refractivity contribution is -0.120. The summed E-state index contributed by atoms with van der Waals surface area (Å²) in [7, 11) is 0. The van der Waals surface area contributed by atoms with Gasteiger partial charge in [-0.3, -0.25) is 4.79 Å². The molecule has 2 N–H and O–H groups in total. The molecule has 0 unspecified atom stereocenters. The number of fused-ring (bicyclic) bond motifs is 1. The van der Waals surface area contributed by atoms with E-state index in [0.717, 1.165) is 31.1 Å². The van der Waals surface area contributed by atoms with Gasteiger partial charge < -0.3 is 15.5 Å². The second-order valence-corrected chi connectivity index (χ2v) is 7.23. The summed E-state index contributed by atoms with van der Waals surface area (Å²) in [5, 5.41) is 5.99. The van der Waals surface area contributed by atoms with Gasteiger partial charge in [-0.25, -0.2) is 9.97 Å². The molecule has 1 aliphatic heterocycles. The number of anilines is 2. The zero-order chi connectivity index (χ0) is 18.5. The van der Waals surface area contributed by atoms with Gasteiger partial charge in [0, 0.05) is 43.1 Å². The van der Waals surface area contributed by atoms with Crippen LogP contribution in [-0.4, -0.2) is 35.5 Å². The van der Waals surface area contributed by atoms with Crippen molar-refractivity contribution in [3.63, 3.8) is 0 Å². The third-order valence-corrected chi connectivity index (χ3v) is 5.49. The molecule has 138 valence electrons. The maximum atomic E-state index is 11.5. The molecule has 0 bridgehead atoms. The van der Waals surface area contributed by atoms with Crippen molar-refractivity contribution in [1.82, 2.24) is 15.3 Å². The summed E-state index contributed by atoms with van der Waals surface area (Å²) < 4.78 is 1.17. The fourth-order valence-corrected chi connectivity index (χ4v) is 3.59. The highest BCUT2D eigenvalue weighted by atomic mass is 79.9. The van der Waals surface area contributed by atoms with Gasteiger partial charge in [0.15, 0.2) is 0 Å². The van der Waals surface area contributed by atoms with Crippen molar-refractivity contribution in [3.05, 3.63) is 45.7 Å². The Kier molecular flexibility index (Phi) is 6.08. The lowest BCUT2D eigenvalue weighted by Crippen LogP contribution is -2.31. The van der Waals surface area contributed by atoms with Crippen LogP contribution in [-0.2, 0) is 17.8 Å². The average molecular weight is 418 g/mol. The maximum absolute atomic E-state index is 11.5. The van der Waals surface area contributed by atoms with Gasteiger partial charge in [-0.15, -0.1) is 0 Å². The highest BCUT2D eigenvalue weighted by molar-refractivity contribution is 9.10. The molecule has 2 aromatic rings. The number of hydrogen-bond donors (Lipinski definition) is 2. The molecule has 7 heteroatoms. The SMILES string of the molecule is CCNC(=O)CCNc1cc(N2CCc3c(ccc(Br)c3C)C2)ncn1. The average Bonchev–Trinajstić information content (AvgIpc) is 2.65. The van der Waals surface area contributed by atoms with Crippen LogP contribution in [0.15, 0.2) is 29.0 Å². The second-order valence-electron chi connectivity index (χ2n) is 6.37. The van der Waals surface area contributed by atoms with Gasteiger partial charge in [0.1, 0.15) is 18.0 Å². The molecule has 1 aromatic heterocycles. The molecule has 2 heterocycles. The van der Waals surface area contributed by atoms with Gasteiger partial charge in [0.25, 0.3) is 0 Å². The van der Waals surface area contributed by atoms with E-state index < -0.39 is 0 Å². The number of benzene rings is 1. The standard InChI is InChI=1S/C19H24BrN5O/c1-3-21-19(26)6-8-22-17-10-18(24-12-23-17)25-9-7-15-13(2)16(20)5-4-14(15)11-25/h4-5,10,12H,3,6-9,11H2,1-2H3,(H,21,26)(H,22,23,24). The zero-order valence-corrected chi connectivity index (χ0v) is 16.8. The fraction of sp³-hybridized carbons (Fsp3) is 0.421. The molecule has 0 aliphatic carbocycles. The quantitative estimate of drug-likeness (QED) is 0.755. The van der Waals surface area contributed by atoms with Crippen LogP contribution in [0, 0.1) is 6.92 Å². The molecule has 1 aliphatic rings. The van der Waals surface area contributed by atoms with Crippen LogP contribution in [0.5, 0.6) is 0 Å². The van der Waals surface area contributed by atoms with Crippen molar-refractivity contribution in [2.45, 2.75) is 33.2 Å². The van der Waals surface area contributed by atoms with Crippen LogP contribution in [0.1, 0.15) is 30.0 Å². The molecule has 0 spiro atoms. The van der Waals surface area contributed by atoms with Gasteiger partial charge in [-0.2, -0.15) is 0 Å². The number of amides is 1. The first-order valence-corrected chi connectivity index (χ1v) is 9.72. The Labute approximate surface area is 162 Å². The molecule has 0 atom stereocenters. The Bertz CT molecular complexity index is 795. The van der Waals surface area contributed by atoms with Crippen molar-refractivity contribution >= 4 is 33.5 Å². The minimum atomic E-state index is 0.0449. The van der Waals surface area contributed by atoms with Crippen LogP contribution < -0.4 is 15.5 Å². The molecule has 0 saturated heterocycles. The number of carbonyl (C=O) groups is 1. The monoisotopic (exact) mass is 417 g/mol. The number of carbonyl (C=O) groups excluding carboxylic acids is 1. The molecule has 1 amide bonds. The minimum Gasteiger partial charge on any atom is -0.369 e. The van der Waals surface area contributed by atoms with E-state index in [4.69, 9.17) is 0 Å². The number of nitrogens with one attached hydrogen (secondary N) is 2. The van der Waals surface area contributed by atoms with E-state index in [1.807, 2.05) is 13.0 Å². The van der Waals surface area contributed by atoms with E-state index in [1.54, 1.807) is 6.33 Å². The summed E-state index contributed by atoms with van der Waals surface area (Å²) in [5.74, 6) is 1.70. The van der Waals surface area contributed by atoms with Crippen LogP contribution in [0.3, 0.4) is 0 Å². The van der Waals surface area contributed by atoms with E-state index in [1.165, 1.54) is 21.2 Å². The normalized spacial score (nSPS) is 13.3. The van der Waals surface area contributed by atoms with Gasteiger partial charge in [0.2, 0.25) is 5.91 Å². The summed E-state index contributed by atoms with van der Waals surface area (Å²) >= 11 is 3.62. The predicted molar refractivity (Wildman–Crippen MR) is 107 cm³/mol. The Morgan fingerprint density at radius 3 is 3.00 bits per heavy atom. The Morgan fingerprint density at radius 1 is 1.35 bits per heavy atom. The molecule has 26 heavy (non-hydrogen) atoms. The topological polar surface area (TPSA) is 70.2 Å². The van der Waals surface area contributed by atoms with Crippen LogP contribution in [0.25, 0.3) is 0 Å². The summed E-state index contributed by atoms with van der Waals surface area (Å²) in [6.45, 7) is 7.07. The largest absolute Gasteiger partial charge is 0.369 e. The molecule has 0 fully saturated rings. The molecule has 1 aromatic carbocycles. The van der Waals surface area contributed by atoms with Gasteiger partial charge in [-0.1, -0.05) is 22.0 Å². The van der Waals surface area contributed by atoms with Crippen molar-refractivity contribution in [2.24, 2.45) is 0 Å². The molecular formula is C19H24BrN5O. The fourth-order valence-electron chi connectivity index (χ4n) is 3.21. The second kappa shape index (κ2) is 8.49. The first kappa shape index (κ1) is 18.6. The molecule has 6 nitrogen and oxygen atoms in total. The summed E-state index contributed by atoms with van der Waals surface area (Å²) in [4.78, 5) is 22.5. The number of nitrogens with zero attached hydrogens (tertiary/aromatic N) is 3. The van der Waals surface area contributed by atoms with Gasteiger partial charge >= 0.3 is 0 Å². The van der Waals surface area contributed by atoms with E-state index in [2.05, 4.69) is 60.5 Å². The first-order valence-electron chi connectivity index (χ1n) is 8.93. The third kappa shape index (κ3) is 4.33. The van der Waals surface area contributed by atoms with Crippen molar-refractivity contribution < 1.29 is 4.79 Å². The molecule has 0 saturated carbocycles. The van der Waals surface area contributed by atoms with E-state index in [9.17, 15) is 4.79 Å². The first-order chi connectivity index (χ1) is 12.6. The zero-order valence-electron chi connectivity index (χ0n) is 15.2. The van der Waals surface area contributed by atoms with E-state index in [-0.39, 0.29) is 5.91 Å². The summed E-state index contributed by atoms with van der Waals surface area (Å²) in [5.41, 5.74) is 4.11. The molecule has 0 radical (unpaired) electrons. The molecular weight excluding hydrogens is 394 g/mol. The van der Waals surface area contributed by atoms with Gasteiger partial charge in [0.05, 0.1) is 0 Å². The number of halogens is 1. The number of hydrogen-bond acceptors (Lipinski definition) is 5. The maximum Gasteiger partial charge on any atom is 0.221 e. The van der Waals surface area contributed by atoms with Gasteiger partial charge in [-0.05, 0) is 43.0 Å². The Balaban J connectivity index is 1.65. The highest BCUT2D eigenvalue weighted by Crippen LogP contribution is 2.29. The Hall–Kier alpha value is -2.15. The van der Waals surface area contributed by atoms with Crippen LogP contribution in [0.4, 0.5) is 11.6 Å². The lowest BCUT2D eigenvalue weighted by atomic mass is 9.95. The predicted octanol–water partition coefficient (Wildman–Crippen LogP) is 3.05. The smallest absolute Gasteiger partial charge is 0.221 e. The lowest BCUT2D eigenvalue weighted by Gasteiger charge is -2.31. The highest BCUT2D eigenvalue weighted by Gasteiger charge is 2.20. The van der Waals surface area contributed by atoms with Crippen LogP contribution >= 0.6 is 15.9 Å². The number of rotatable bonds is 6. The van der Waals surface area contributed by atoms with Crippen LogP contribution in [0.2, 0.25) is 0 Å². The van der Waals surface area contributed by atoms with E-state index in [0.29, 0.717) is 19.5 Å². The van der Waals surface area contributed by atoms with Crippen molar-refractivity contribution in [1.29, 1.82) is 0 Å². The summed E-state index contributed by atoms with van der Waals surface area (Å²) in [6.07, 6.45) is 3.01. The Morgan fingerprint density at radius 2 is 2.19 bits per heavy atom. The summed E-state index contributed by atoms with van der Waals surface area (Å²) in [6, 6.07) is 6.26. The number of aromatic nitrogens is 2.